The topological polar surface area (TPSA) is 60.7 Å². The average Bonchev–Trinajstić information content (AvgIpc) is 2.63. The molecule has 0 saturated carbocycles. The molecule has 0 saturated heterocycles. The smallest absolute Gasteiger partial charge is 0.0483 e. The summed E-state index contributed by atoms with van der Waals surface area (Å²) in [7, 11) is 0. The van der Waals surface area contributed by atoms with Crippen LogP contribution in [0, 0.1) is 5.41 Å². The summed E-state index contributed by atoms with van der Waals surface area (Å²) in [5.74, 6) is 0. The molecule has 0 aliphatic heterocycles. The maximum atomic E-state index is 8.06. The summed E-state index contributed by atoms with van der Waals surface area (Å²) >= 11 is 0. The van der Waals surface area contributed by atoms with E-state index in [9.17, 15) is 0 Å². The maximum absolute atomic E-state index is 8.06. The van der Waals surface area contributed by atoms with Gasteiger partial charge in [-0.3, -0.25) is 0 Å². The molecular formula is C19H39O3Zr-. The van der Waals surface area contributed by atoms with Gasteiger partial charge in [-0.15, -0.1) is 0 Å². The van der Waals surface area contributed by atoms with Crippen molar-refractivity contribution in [2.75, 3.05) is 0 Å². The quantitative estimate of drug-likeness (QED) is 0.614. The van der Waals surface area contributed by atoms with Gasteiger partial charge in [0, 0.05) is 44.5 Å². The van der Waals surface area contributed by atoms with Crippen LogP contribution in [0.5, 0.6) is 0 Å². The summed E-state index contributed by atoms with van der Waals surface area (Å²) in [6, 6.07) is 8.57. The Balaban J connectivity index is -0.000000118. The van der Waals surface area contributed by atoms with E-state index < -0.39 is 0 Å². The molecule has 0 amide bonds. The average molecular weight is 407 g/mol. The molecule has 0 aliphatic rings. The van der Waals surface area contributed by atoms with Crippen LogP contribution >= 0.6 is 0 Å². The van der Waals surface area contributed by atoms with E-state index in [-0.39, 0.29) is 44.5 Å². The van der Waals surface area contributed by atoms with Crippen LogP contribution in [-0.2, 0) is 32.6 Å². The second kappa shape index (κ2) is 18.5. The molecule has 1 aromatic carbocycles. The van der Waals surface area contributed by atoms with Crippen LogP contribution in [0.1, 0.15) is 67.9 Å². The van der Waals surface area contributed by atoms with Gasteiger partial charge in [-0.25, -0.2) is 12.1 Å². The largest absolute Gasteiger partial charge is 0.394 e. The van der Waals surface area contributed by atoms with Crippen LogP contribution in [-0.4, -0.2) is 33.6 Å². The van der Waals surface area contributed by atoms with Gasteiger partial charge in [0.2, 0.25) is 0 Å². The van der Waals surface area contributed by atoms with Crippen molar-refractivity contribution < 1.29 is 41.5 Å². The molecule has 0 fully saturated rings. The Labute approximate surface area is 163 Å². The summed E-state index contributed by atoms with van der Waals surface area (Å²) in [6.45, 7) is 17.1. The van der Waals surface area contributed by atoms with Gasteiger partial charge in [0.15, 0.2) is 0 Å². The number of aliphatic hydroxyl groups excluding tert-OH is 3. The third kappa shape index (κ3) is 61.0. The molecule has 0 heterocycles. The van der Waals surface area contributed by atoms with E-state index in [0.717, 1.165) is 0 Å². The molecule has 0 bridgehead atoms. The van der Waals surface area contributed by atoms with E-state index in [0.29, 0.717) is 5.41 Å². The van der Waals surface area contributed by atoms with Crippen LogP contribution in [0.4, 0.5) is 0 Å². The van der Waals surface area contributed by atoms with Crippen molar-refractivity contribution in [3.8, 4) is 0 Å². The molecule has 1 rings (SSSR count). The molecule has 0 aliphatic carbocycles. The fourth-order valence-electron chi connectivity index (χ4n) is 1.14. The van der Waals surface area contributed by atoms with Crippen molar-refractivity contribution in [3.63, 3.8) is 0 Å². The van der Waals surface area contributed by atoms with Crippen LogP contribution in [0.15, 0.2) is 24.3 Å². The minimum absolute atomic E-state index is 0. The van der Waals surface area contributed by atoms with Crippen molar-refractivity contribution in [1.29, 1.82) is 0 Å². The summed E-state index contributed by atoms with van der Waals surface area (Å²) in [6.07, 6.45) is 0.681. The van der Waals surface area contributed by atoms with Crippen molar-refractivity contribution in [1.82, 2.24) is 0 Å². The molecule has 0 radical (unpaired) electrons. The minimum Gasteiger partial charge on any atom is -0.394 e. The molecule has 0 atom stereocenters. The first-order chi connectivity index (χ1) is 9.77. The SMILES string of the molecule is CC(C)(C)C[c-]1cccc1.CC(C)O.CC(C)O.CC(C)O.[Zr]. The molecule has 138 valence electrons. The predicted molar refractivity (Wildman–Crippen MR) is 97.3 cm³/mol. The first kappa shape index (κ1) is 30.9. The Morgan fingerprint density at radius 3 is 1.13 bits per heavy atom. The maximum Gasteiger partial charge on any atom is 0.0483 e. The Kier molecular flexibility index (Phi) is 24.8. The standard InChI is InChI=1S/C10H15.3C3H8O.Zr/c1-10(2,3)8-9-6-4-5-7-9;3*1-3(2)4;/h4-7H,8H2,1-3H3;3*3-4H,1-2H3;/q-1;;;;. The summed E-state index contributed by atoms with van der Waals surface area (Å²) in [5, 5.41) is 24.2. The van der Waals surface area contributed by atoms with Crippen molar-refractivity contribution in [3.05, 3.63) is 29.8 Å². The monoisotopic (exact) mass is 405 g/mol. The van der Waals surface area contributed by atoms with E-state index in [1.54, 1.807) is 41.5 Å². The second-order valence-corrected chi connectivity index (χ2v) is 7.31. The van der Waals surface area contributed by atoms with E-state index in [1.165, 1.54) is 12.0 Å². The van der Waals surface area contributed by atoms with Crippen LogP contribution in [0.2, 0.25) is 0 Å². The predicted octanol–water partition coefficient (Wildman–Crippen LogP) is 4.15. The zero-order chi connectivity index (χ0) is 18.3. The number of hydrogen-bond acceptors (Lipinski definition) is 3. The number of hydrogen-bond donors (Lipinski definition) is 3. The molecule has 0 aromatic heterocycles. The fraction of sp³-hybridized carbons (Fsp3) is 0.737. The van der Waals surface area contributed by atoms with E-state index in [2.05, 4.69) is 45.0 Å². The van der Waals surface area contributed by atoms with Gasteiger partial charge in [0.1, 0.15) is 0 Å². The molecule has 3 nitrogen and oxygen atoms in total. The van der Waals surface area contributed by atoms with E-state index in [4.69, 9.17) is 15.3 Å². The molecule has 1 aromatic rings. The van der Waals surface area contributed by atoms with Gasteiger partial charge in [-0.05, 0) is 47.0 Å². The van der Waals surface area contributed by atoms with Crippen LogP contribution < -0.4 is 0 Å². The summed E-state index contributed by atoms with van der Waals surface area (Å²) in [5.41, 5.74) is 1.88. The van der Waals surface area contributed by atoms with Crippen molar-refractivity contribution in [2.24, 2.45) is 5.41 Å². The van der Waals surface area contributed by atoms with E-state index in [1.807, 2.05) is 0 Å². The third-order valence-electron chi connectivity index (χ3n) is 1.47. The number of aliphatic hydroxyl groups is 3. The third-order valence-corrected chi connectivity index (χ3v) is 1.47. The Hall–Kier alpha value is 0.113. The molecule has 3 N–H and O–H groups in total. The Bertz CT molecular complexity index is 276. The van der Waals surface area contributed by atoms with Crippen LogP contribution in [0.25, 0.3) is 0 Å². The molecule has 0 unspecified atom stereocenters. The van der Waals surface area contributed by atoms with Crippen molar-refractivity contribution >= 4 is 0 Å². The summed E-state index contributed by atoms with van der Waals surface area (Å²) < 4.78 is 0. The van der Waals surface area contributed by atoms with Gasteiger partial charge in [0.25, 0.3) is 0 Å². The fourth-order valence-corrected chi connectivity index (χ4v) is 1.14. The molecular weight excluding hydrogens is 367 g/mol. The molecule has 0 spiro atoms. The number of rotatable bonds is 1. The first-order valence-corrected chi connectivity index (χ1v) is 8.02. The Morgan fingerprint density at radius 2 is 0.957 bits per heavy atom. The normalized spacial score (nSPS) is 9.87. The zero-order valence-electron chi connectivity index (χ0n) is 16.6. The van der Waals surface area contributed by atoms with Crippen LogP contribution in [0.3, 0.4) is 0 Å². The zero-order valence-corrected chi connectivity index (χ0v) is 19.0. The second-order valence-electron chi connectivity index (χ2n) is 7.31. The molecule has 4 heteroatoms. The van der Waals surface area contributed by atoms with Gasteiger partial charge < -0.3 is 15.3 Å². The Morgan fingerprint density at radius 1 is 0.739 bits per heavy atom. The first-order valence-electron chi connectivity index (χ1n) is 8.02. The van der Waals surface area contributed by atoms with Gasteiger partial charge in [-0.2, -0.15) is 17.7 Å². The van der Waals surface area contributed by atoms with Gasteiger partial charge in [0.05, 0.1) is 0 Å². The minimum atomic E-state index is -0.167. The summed E-state index contributed by atoms with van der Waals surface area (Å²) in [4.78, 5) is 0. The van der Waals surface area contributed by atoms with Crippen molar-refractivity contribution in [2.45, 2.75) is 87.0 Å². The van der Waals surface area contributed by atoms with Gasteiger partial charge in [-0.1, -0.05) is 27.2 Å². The van der Waals surface area contributed by atoms with Gasteiger partial charge >= 0.3 is 0 Å². The molecule has 23 heavy (non-hydrogen) atoms. The van der Waals surface area contributed by atoms with E-state index >= 15 is 0 Å².